The zero-order valence-electron chi connectivity index (χ0n) is 30.2. The van der Waals surface area contributed by atoms with Crippen molar-refractivity contribution in [2.45, 2.75) is 128 Å². The molecule has 0 atom stereocenters. The standard InChI is InChI=1S/C12H18.C11H16.C10H14.C9H13N/c1-8(2)12-10(4)6-9(3)7-11(12)5;1-8(2)11-6-5-9(3)7-10(11)4;1-8(2)10-6-4-9(3)5-7-10;1-7(2)9-5-4-8(3)10-6-9/h6-8H,1-5H3;5-8H,1-4H3;4-8H,1-3H3;4-7H,1-3H3. The highest BCUT2D eigenvalue weighted by Gasteiger charge is 2.06. The fraction of sp³-hybridized carbons (Fsp3) is 0.452. The van der Waals surface area contributed by atoms with Gasteiger partial charge in [0.2, 0.25) is 0 Å². The summed E-state index contributed by atoms with van der Waals surface area (Å²) in [5.74, 6) is 2.54. The second-order valence-corrected chi connectivity index (χ2v) is 13.4. The van der Waals surface area contributed by atoms with Crippen LogP contribution in [0.3, 0.4) is 0 Å². The van der Waals surface area contributed by atoms with Crippen molar-refractivity contribution < 1.29 is 0 Å². The first-order chi connectivity index (χ1) is 20.0. The molecule has 0 aliphatic heterocycles. The zero-order valence-corrected chi connectivity index (χ0v) is 30.2. The number of aryl methyl sites for hydroxylation is 7. The van der Waals surface area contributed by atoms with Crippen LogP contribution in [-0.4, -0.2) is 4.98 Å². The van der Waals surface area contributed by atoms with Gasteiger partial charge in [0, 0.05) is 11.9 Å². The predicted octanol–water partition coefficient (Wildman–Crippen LogP) is 12.8. The molecule has 0 aliphatic carbocycles. The summed E-state index contributed by atoms with van der Waals surface area (Å²) in [6.45, 7) is 32.8. The molecule has 0 aliphatic rings. The minimum Gasteiger partial charge on any atom is -0.261 e. The molecule has 0 spiro atoms. The van der Waals surface area contributed by atoms with E-state index in [2.05, 4.69) is 169 Å². The molecule has 4 aromatic rings. The van der Waals surface area contributed by atoms with E-state index in [-0.39, 0.29) is 0 Å². The third kappa shape index (κ3) is 13.8. The average molecular weight is 580 g/mol. The molecular formula is C42H61N. The van der Waals surface area contributed by atoms with Gasteiger partial charge < -0.3 is 0 Å². The summed E-state index contributed by atoms with van der Waals surface area (Å²) in [5.41, 5.74) is 15.1. The Balaban J connectivity index is 0.000000287. The summed E-state index contributed by atoms with van der Waals surface area (Å²) < 4.78 is 0. The number of aromatic nitrogens is 1. The van der Waals surface area contributed by atoms with Crippen molar-refractivity contribution >= 4 is 0 Å². The highest BCUT2D eigenvalue weighted by atomic mass is 14.7. The van der Waals surface area contributed by atoms with Gasteiger partial charge in [-0.2, -0.15) is 0 Å². The van der Waals surface area contributed by atoms with Crippen LogP contribution in [0.25, 0.3) is 0 Å². The van der Waals surface area contributed by atoms with E-state index < -0.39 is 0 Å². The SMILES string of the molecule is Cc1cc(C)c(C(C)C)c(C)c1.Cc1ccc(C(C)C)c(C)c1.Cc1ccc(C(C)C)cc1.Cc1ccc(C(C)C)cn1. The third-order valence-corrected chi connectivity index (χ3v) is 7.71. The summed E-state index contributed by atoms with van der Waals surface area (Å²) in [4.78, 5) is 4.20. The molecule has 0 saturated carbocycles. The van der Waals surface area contributed by atoms with E-state index in [1.54, 1.807) is 0 Å². The zero-order chi connectivity index (χ0) is 32.9. The van der Waals surface area contributed by atoms with Gasteiger partial charge in [-0.15, -0.1) is 0 Å². The van der Waals surface area contributed by atoms with Crippen molar-refractivity contribution in [3.63, 3.8) is 0 Å². The smallest absolute Gasteiger partial charge is 0.0372 e. The lowest BCUT2D eigenvalue weighted by molar-refractivity contribution is 0.845. The predicted molar refractivity (Wildman–Crippen MR) is 193 cm³/mol. The normalized spacial score (nSPS) is 10.6. The molecule has 4 rings (SSSR count). The minimum atomic E-state index is 0.591. The van der Waals surface area contributed by atoms with Gasteiger partial charge in [-0.05, 0) is 117 Å². The first-order valence-electron chi connectivity index (χ1n) is 16.2. The number of rotatable bonds is 4. The van der Waals surface area contributed by atoms with E-state index in [1.165, 1.54) is 55.6 Å². The molecule has 1 heterocycles. The summed E-state index contributed by atoms with van der Waals surface area (Å²) in [7, 11) is 0. The highest BCUT2D eigenvalue weighted by Crippen LogP contribution is 2.24. The molecule has 0 radical (unpaired) electrons. The average Bonchev–Trinajstić information content (AvgIpc) is 2.89. The van der Waals surface area contributed by atoms with Crippen molar-refractivity contribution in [3.05, 3.63) is 134 Å². The molecule has 1 heteroatoms. The van der Waals surface area contributed by atoms with Crippen molar-refractivity contribution in [2.75, 3.05) is 0 Å². The molecule has 0 bridgehead atoms. The molecule has 0 N–H and O–H groups in total. The number of benzene rings is 3. The molecule has 0 amide bonds. The Morgan fingerprint density at radius 1 is 0.419 bits per heavy atom. The summed E-state index contributed by atoms with van der Waals surface area (Å²) >= 11 is 0. The fourth-order valence-electron chi connectivity index (χ4n) is 5.35. The molecule has 0 unspecified atom stereocenters. The van der Waals surface area contributed by atoms with Crippen LogP contribution in [0.4, 0.5) is 0 Å². The number of hydrogen-bond acceptors (Lipinski definition) is 1. The van der Waals surface area contributed by atoms with E-state index in [1.807, 2.05) is 13.1 Å². The first kappa shape index (κ1) is 37.8. The van der Waals surface area contributed by atoms with E-state index in [9.17, 15) is 0 Å². The first-order valence-corrected chi connectivity index (χ1v) is 16.2. The Morgan fingerprint density at radius 3 is 1.28 bits per heavy atom. The second kappa shape index (κ2) is 18.5. The van der Waals surface area contributed by atoms with Crippen LogP contribution < -0.4 is 0 Å². The molecule has 1 aromatic heterocycles. The maximum atomic E-state index is 4.20. The Morgan fingerprint density at radius 2 is 0.884 bits per heavy atom. The van der Waals surface area contributed by atoms with E-state index in [0.29, 0.717) is 23.7 Å². The van der Waals surface area contributed by atoms with E-state index in [0.717, 1.165) is 5.69 Å². The largest absolute Gasteiger partial charge is 0.261 e. The summed E-state index contributed by atoms with van der Waals surface area (Å²) in [6.07, 6.45) is 1.94. The molecule has 3 aromatic carbocycles. The van der Waals surface area contributed by atoms with Crippen molar-refractivity contribution in [2.24, 2.45) is 0 Å². The number of hydrogen-bond donors (Lipinski definition) is 0. The van der Waals surface area contributed by atoms with Crippen LogP contribution >= 0.6 is 0 Å². The maximum absolute atomic E-state index is 4.20. The highest BCUT2D eigenvalue weighted by molar-refractivity contribution is 5.39. The molecule has 0 fully saturated rings. The Hall–Kier alpha value is -3.19. The Labute approximate surface area is 266 Å². The minimum absolute atomic E-state index is 0.591. The molecular weight excluding hydrogens is 518 g/mol. The second-order valence-electron chi connectivity index (χ2n) is 13.4. The Bertz CT molecular complexity index is 1280. The lowest BCUT2D eigenvalue weighted by Crippen LogP contribution is -1.96. The lowest BCUT2D eigenvalue weighted by Gasteiger charge is -2.14. The van der Waals surface area contributed by atoms with Gasteiger partial charge in [-0.25, -0.2) is 0 Å². The van der Waals surface area contributed by atoms with Gasteiger partial charge in [0.25, 0.3) is 0 Å². The summed E-state index contributed by atoms with van der Waals surface area (Å²) in [5, 5.41) is 0. The molecule has 1 nitrogen and oxygen atoms in total. The summed E-state index contributed by atoms with van der Waals surface area (Å²) in [6, 6.07) is 24.1. The maximum Gasteiger partial charge on any atom is 0.0372 e. The van der Waals surface area contributed by atoms with E-state index in [4.69, 9.17) is 0 Å². The van der Waals surface area contributed by atoms with Gasteiger partial charge in [-0.3, -0.25) is 4.98 Å². The van der Waals surface area contributed by atoms with Crippen LogP contribution in [0.5, 0.6) is 0 Å². The van der Waals surface area contributed by atoms with Crippen LogP contribution in [0.2, 0.25) is 0 Å². The fourth-order valence-corrected chi connectivity index (χ4v) is 5.35. The third-order valence-electron chi connectivity index (χ3n) is 7.71. The van der Waals surface area contributed by atoms with Gasteiger partial charge in [-0.1, -0.05) is 133 Å². The van der Waals surface area contributed by atoms with Crippen LogP contribution in [0.1, 0.15) is 140 Å². The van der Waals surface area contributed by atoms with Crippen LogP contribution in [0.15, 0.2) is 72.9 Å². The van der Waals surface area contributed by atoms with Crippen LogP contribution in [-0.2, 0) is 0 Å². The Kier molecular flexibility index (Phi) is 16.3. The van der Waals surface area contributed by atoms with Crippen molar-refractivity contribution in [1.29, 1.82) is 0 Å². The number of pyridine rings is 1. The monoisotopic (exact) mass is 579 g/mol. The van der Waals surface area contributed by atoms with Crippen LogP contribution in [0, 0.1) is 48.5 Å². The van der Waals surface area contributed by atoms with Gasteiger partial charge in [0.1, 0.15) is 0 Å². The molecule has 234 valence electrons. The van der Waals surface area contributed by atoms with Gasteiger partial charge in [0.15, 0.2) is 0 Å². The topological polar surface area (TPSA) is 12.9 Å². The molecule has 0 saturated heterocycles. The van der Waals surface area contributed by atoms with Crippen molar-refractivity contribution in [3.8, 4) is 0 Å². The quantitative estimate of drug-likeness (QED) is 0.234. The number of nitrogens with zero attached hydrogens (tertiary/aromatic N) is 1. The lowest BCUT2D eigenvalue weighted by atomic mass is 9.92. The van der Waals surface area contributed by atoms with E-state index >= 15 is 0 Å². The van der Waals surface area contributed by atoms with Gasteiger partial charge in [0.05, 0.1) is 0 Å². The van der Waals surface area contributed by atoms with Crippen molar-refractivity contribution in [1.82, 2.24) is 4.98 Å². The molecule has 43 heavy (non-hydrogen) atoms. The van der Waals surface area contributed by atoms with Gasteiger partial charge >= 0.3 is 0 Å².